The van der Waals surface area contributed by atoms with Crippen LogP contribution in [-0.4, -0.2) is 11.9 Å². The Morgan fingerprint density at radius 3 is 1.92 bits per heavy atom. The maximum atomic E-state index is 10.9. The van der Waals surface area contributed by atoms with Crippen molar-refractivity contribution in [3.8, 4) is 0 Å². The normalized spacial score (nSPS) is 9.00. The number of carbonyl (C=O) groups excluding carboxylic acids is 1. The quantitative estimate of drug-likeness (QED) is 0.432. The van der Waals surface area contributed by atoms with Gasteiger partial charge in [-0.3, -0.25) is 4.79 Å². The summed E-state index contributed by atoms with van der Waals surface area (Å²) in [6, 6.07) is 10.2. The van der Waals surface area contributed by atoms with Gasteiger partial charge < -0.3 is 4.74 Å². The molecule has 0 spiro atoms. The van der Waals surface area contributed by atoms with Gasteiger partial charge in [-0.1, -0.05) is 64.3 Å². The number of hydrogen-bond donors (Lipinski definition) is 0. The number of ether oxygens (including phenoxy) is 1. The van der Waals surface area contributed by atoms with E-state index in [1.807, 2.05) is 52.8 Å². The van der Waals surface area contributed by atoms with E-state index in [4.69, 9.17) is 4.74 Å². The lowest BCUT2D eigenvalue weighted by Gasteiger charge is -2.06. The van der Waals surface area contributed by atoms with Crippen LogP contribution in [0.4, 0.5) is 0 Å². The van der Waals surface area contributed by atoms with E-state index >= 15 is 0 Å². The Bertz CT molecular complexity index is 431. The fraction of sp³-hybridized carbons (Fsp3) is 0.500. The van der Waals surface area contributed by atoms with Crippen molar-refractivity contribution in [2.24, 2.45) is 5.92 Å². The molecule has 0 bridgehead atoms. The average Bonchev–Trinajstić information content (AvgIpc) is 2.47. The van der Waals surface area contributed by atoms with Crippen LogP contribution in [0.5, 0.6) is 0 Å². The summed E-state index contributed by atoms with van der Waals surface area (Å²) < 4.78 is 5.43. The van der Waals surface area contributed by atoms with Crippen molar-refractivity contribution in [2.75, 3.05) is 0 Å². The second-order valence-corrected chi connectivity index (χ2v) is 6.06. The fourth-order valence-electron chi connectivity index (χ4n) is 1.38. The van der Waals surface area contributed by atoms with Gasteiger partial charge in [0, 0.05) is 6.42 Å². The van der Waals surface area contributed by atoms with Crippen molar-refractivity contribution in [3.63, 3.8) is 0 Å². The van der Waals surface area contributed by atoms with Crippen LogP contribution >= 0.6 is 0 Å². The van der Waals surface area contributed by atoms with E-state index in [1.54, 1.807) is 13.0 Å². The topological polar surface area (TPSA) is 26.3 Å². The molecule has 138 valence electrons. The zero-order chi connectivity index (χ0) is 18.3. The van der Waals surface area contributed by atoms with Gasteiger partial charge >= 0.3 is 0 Å². The minimum absolute atomic E-state index is 0. The summed E-state index contributed by atoms with van der Waals surface area (Å²) in [6.45, 7) is 19.4. The monoisotopic (exact) mass is 334 g/mol. The van der Waals surface area contributed by atoms with E-state index in [9.17, 15) is 4.79 Å². The SMILES string of the molecule is C.C=C(C)C(=O)CC(C)C.C=CC.CC(C)OCc1ccccc1. The summed E-state index contributed by atoms with van der Waals surface area (Å²) in [5.41, 5.74) is 1.91. The molecule has 0 aromatic heterocycles. The first-order chi connectivity index (χ1) is 10.7. The van der Waals surface area contributed by atoms with Gasteiger partial charge in [0.15, 0.2) is 5.78 Å². The second kappa shape index (κ2) is 17.7. The van der Waals surface area contributed by atoms with E-state index in [1.165, 1.54) is 5.56 Å². The lowest BCUT2D eigenvalue weighted by molar-refractivity contribution is -0.116. The zero-order valence-electron chi connectivity index (χ0n) is 15.8. The highest BCUT2D eigenvalue weighted by molar-refractivity contribution is 5.94. The second-order valence-electron chi connectivity index (χ2n) is 6.06. The highest BCUT2D eigenvalue weighted by Gasteiger charge is 2.03. The van der Waals surface area contributed by atoms with Crippen LogP contribution in [0.2, 0.25) is 0 Å². The number of hydrogen-bond acceptors (Lipinski definition) is 2. The highest BCUT2D eigenvalue weighted by atomic mass is 16.5. The summed E-state index contributed by atoms with van der Waals surface area (Å²) in [5, 5.41) is 0. The first-order valence-electron chi connectivity index (χ1n) is 8.15. The van der Waals surface area contributed by atoms with Gasteiger partial charge in [0.25, 0.3) is 0 Å². The first-order valence-corrected chi connectivity index (χ1v) is 8.15. The number of allylic oxidation sites excluding steroid dienone is 2. The number of rotatable bonds is 6. The summed E-state index contributed by atoms with van der Waals surface area (Å²) in [7, 11) is 0. The predicted octanol–water partition coefficient (Wildman–Crippen LogP) is 6.62. The Labute approximate surface area is 150 Å². The molecule has 1 aromatic carbocycles. The van der Waals surface area contributed by atoms with Crippen LogP contribution in [0, 0.1) is 5.92 Å². The van der Waals surface area contributed by atoms with Crippen LogP contribution in [0.25, 0.3) is 0 Å². The van der Waals surface area contributed by atoms with Crippen molar-refractivity contribution in [1.82, 2.24) is 0 Å². The van der Waals surface area contributed by atoms with Crippen LogP contribution < -0.4 is 0 Å². The lowest BCUT2D eigenvalue weighted by atomic mass is 10.0. The Kier molecular flexibility index (Phi) is 20.0. The molecule has 0 heterocycles. The standard InChI is InChI=1S/C10H14O.C8H14O.C3H6.CH4/c1-9(2)11-8-10-6-4-3-5-7-10;1-6(2)5-8(9)7(3)4;1-3-2;/h3-7,9H,8H2,1-2H3;6H,3,5H2,1-2,4H3;3H,1H2,2H3;1H4. The summed E-state index contributed by atoms with van der Waals surface area (Å²) in [4.78, 5) is 10.9. The van der Waals surface area contributed by atoms with Crippen molar-refractivity contribution >= 4 is 5.78 Å². The largest absolute Gasteiger partial charge is 0.374 e. The Hall–Kier alpha value is -1.67. The maximum absolute atomic E-state index is 10.9. The lowest BCUT2D eigenvalue weighted by Crippen LogP contribution is -2.02. The van der Waals surface area contributed by atoms with E-state index in [2.05, 4.69) is 25.3 Å². The molecule has 1 rings (SSSR count). The van der Waals surface area contributed by atoms with Gasteiger partial charge in [0.2, 0.25) is 0 Å². The molecule has 0 aliphatic heterocycles. The van der Waals surface area contributed by atoms with E-state index in [0.717, 1.165) is 6.61 Å². The molecule has 0 aliphatic carbocycles. The molecule has 0 saturated carbocycles. The van der Waals surface area contributed by atoms with Gasteiger partial charge in [-0.25, -0.2) is 0 Å². The number of carbonyl (C=O) groups is 1. The third-order valence-corrected chi connectivity index (χ3v) is 2.50. The van der Waals surface area contributed by atoms with Crippen molar-refractivity contribution < 1.29 is 9.53 Å². The van der Waals surface area contributed by atoms with E-state index in [-0.39, 0.29) is 13.2 Å². The van der Waals surface area contributed by atoms with E-state index < -0.39 is 0 Å². The van der Waals surface area contributed by atoms with Gasteiger partial charge in [-0.2, -0.15) is 0 Å². The highest BCUT2D eigenvalue weighted by Crippen LogP contribution is 2.04. The molecule has 0 saturated heterocycles. The summed E-state index contributed by atoms with van der Waals surface area (Å²) >= 11 is 0. The maximum Gasteiger partial charge on any atom is 0.158 e. The minimum atomic E-state index is 0. The summed E-state index contributed by atoms with van der Waals surface area (Å²) in [5.74, 6) is 0.638. The van der Waals surface area contributed by atoms with Crippen LogP contribution in [0.1, 0.15) is 61.0 Å². The first kappa shape index (κ1) is 27.2. The molecule has 0 atom stereocenters. The van der Waals surface area contributed by atoms with Gasteiger partial charge in [-0.15, -0.1) is 6.58 Å². The van der Waals surface area contributed by atoms with Gasteiger partial charge in [0.1, 0.15) is 0 Å². The third-order valence-electron chi connectivity index (χ3n) is 2.50. The van der Waals surface area contributed by atoms with Crippen molar-refractivity contribution in [3.05, 3.63) is 60.7 Å². The molecule has 1 aromatic rings. The predicted molar refractivity (Wildman–Crippen MR) is 108 cm³/mol. The van der Waals surface area contributed by atoms with Crippen LogP contribution in [0.3, 0.4) is 0 Å². The Morgan fingerprint density at radius 1 is 1.17 bits per heavy atom. The Morgan fingerprint density at radius 2 is 1.62 bits per heavy atom. The minimum Gasteiger partial charge on any atom is -0.374 e. The third kappa shape index (κ3) is 20.3. The summed E-state index contributed by atoms with van der Waals surface area (Å²) in [6.07, 6.45) is 2.70. The van der Waals surface area contributed by atoms with Crippen LogP contribution in [0.15, 0.2) is 55.1 Å². The van der Waals surface area contributed by atoms with Gasteiger partial charge in [-0.05, 0) is 44.7 Å². The van der Waals surface area contributed by atoms with Crippen LogP contribution in [-0.2, 0) is 16.1 Å². The number of Topliss-reactive ketones (excluding diaryl/α,β-unsaturated/α-hetero) is 1. The molecule has 0 amide bonds. The fourth-order valence-corrected chi connectivity index (χ4v) is 1.38. The molecule has 24 heavy (non-hydrogen) atoms. The molecule has 0 aliphatic rings. The molecular weight excluding hydrogens is 296 g/mol. The zero-order valence-corrected chi connectivity index (χ0v) is 15.8. The number of ketones is 1. The molecule has 0 unspecified atom stereocenters. The molecular formula is C22H38O2. The molecule has 0 N–H and O–H groups in total. The van der Waals surface area contributed by atoms with Crippen molar-refractivity contribution in [1.29, 1.82) is 0 Å². The smallest absolute Gasteiger partial charge is 0.158 e. The molecule has 2 heteroatoms. The van der Waals surface area contributed by atoms with Gasteiger partial charge in [0.05, 0.1) is 12.7 Å². The van der Waals surface area contributed by atoms with Crippen molar-refractivity contribution in [2.45, 2.75) is 68.1 Å². The molecule has 0 radical (unpaired) electrons. The average molecular weight is 335 g/mol. The van der Waals surface area contributed by atoms with E-state index in [0.29, 0.717) is 24.0 Å². The number of benzene rings is 1. The Balaban J connectivity index is -0.000000310. The molecule has 0 fully saturated rings. The molecule has 2 nitrogen and oxygen atoms in total.